The van der Waals surface area contributed by atoms with Crippen molar-refractivity contribution in [1.82, 2.24) is 5.32 Å². The maximum absolute atomic E-state index is 4.35. The van der Waals surface area contributed by atoms with Gasteiger partial charge in [0.15, 0.2) is 0 Å². The zero-order valence-corrected chi connectivity index (χ0v) is 14.4. The normalized spacial score (nSPS) is 14.8. The lowest BCUT2D eigenvalue weighted by Crippen LogP contribution is -2.52. The smallest absolute Gasteiger partial charge is 0.0138 e. The van der Waals surface area contributed by atoms with Crippen molar-refractivity contribution < 1.29 is 0 Å². The molecule has 0 saturated carbocycles. The van der Waals surface area contributed by atoms with Crippen LogP contribution in [0.15, 0.2) is 12.2 Å². The second-order valence-corrected chi connectivity index (χ2v) is 9.05. The third kappa shape index (κ3) is 6.04. The maximum Gasteiger partial charge on any atom is 0.0138 e. The first-order valence-corrected chi connectivity index (χ1v) is 7.06. The summed E-state index contributed by atoms with van der Waals surface area (Å²) in [5.41, 5.74) is 1.89. The van der Waals surface area contributed by atoms with Crippen LogP contribution in [0, 0.1) is 10.8 Å². The average Bonchev–Trinajstić information content (AvgIpc) is 1.93. The van der Waals surface area contributed by atoms with E-state index in [1.807, 2.05) is 0 Å². The summed E-state index contributed by atoms with van der Waals surface area (Å²) in [5, 5.41) is 3.72. The van der Waals surface area contributed by atoms with Gasteiger partial charge in [0.05, 0.1) is 0 Å². The molecule has 1 nitrogen and oxygen atoms in total. The number of nitrogens with one attached hydrogen (secondary N) is 1. The highest BCUT2D eigenvalue weighted by Crippen LogP contribution is 2.43. The fraction of sp³-hybridized carbons (Fsp3) is 0.882. The van der Waals surface area contributed by atoms with E-state index in [-0.39, 0.29) is 21.9 Å². The molecule has 0 heterocycles. The molecule has 0 atom stereocenters. The van der Waals surface area contributed by atoms with Gasteiger partial charge in [-0.15, -0.1) is 0 Å². The lowest BCUT2D eigenvalue weighted by Gasteiger charge is -2.44. The quantitative estimate of drug-likeness (QED) is 0.681. The van der Waals surface area contributed by atoms with Crippen LogP contribution in [-0.4, -0.2) is 11.1 Å². The summed E-state index contributed by atoms with van der Waals surface area (Å²) in [5.74, 6) is 0. The number of hydrogen-bond acceptors (Lipinski definition) is 1. The van der Waals surface area contributed by atoms with Crippen molar-refractivity contribution in [2.45, 2.75) is 86.7 Å². The molecule has 0 bridgehead atoms. The van der Waals surface area contributed by atoms with Gasteiger partial charge in [-0.25, -0.2) is 0 Å². The minimum Gasteiger partial charge on any atom is -0.307 e. The van der Waals surface area contributed by atoms with Crippen LogP contribution < -0.4 is 5.32 Å². The van der Waals surface area contributed by atoms with Crippen LogP contribution in [-0.2, 0) is 0 Å². The van der Waals surface area contributed by atoms with E-state index < -0.39 is 0 Å². The van der Waals surface area contributed by atoms with Crippen molar-refractivity contribution in [1.29, 1.82) is 0 Å². The molecule has 0 spiro atoms. The molecule has 108 valence electrons. The molecule has 0 aromatic carbocycles. The molecule has 0 saturated heterocycles. The molecule has 0 aliphatic rings. The first-order valence-electron chi connectivity index (χ1n) is 7.06. The molecular weight excluding hydrogens is 218 g/mol. The average molecular weight is 253 g/mol. The minimum absolute atomic E-state index is 0.107. The highest BCUT2D eigenvalue weighted by atomic mass is 15.0. The summed E-state index contributed by atoms with van der Waals surface area (Å²) in [4.78, 5) is 0. The first kappa shape index (κ1) is 17.7. The summed E-state index contributed by atoms with van der Waals surface area (Å²) >= 11 is 0. The maximum atomic E-state index is 4.35. The van der Waals surface area contributed by atoms with Crippen molar-refractivity contribution in [3.63, 3.8) is 0 Å². The predicted molar refractivity (Wildman–Crippen MR) is 84.0 cm³/mol. The van der Waals surface area contributed by atoms with Crippen molar-refractivity contribution in [3.05, 3.63) is 12.2 Å². The molecule has 0 aromatic heterocycles. The molecule has 0 rings (SSSR count). The summed E-state index contributed by atoms with van der Waals surface area (Å²) in [6.07, 6.45) is 1.09. The fourth-order valence-corrected chi connectivity index (χ4v) is 3.29. The Morgan fingerprint density at radius 3 is 1.50 bits per heavy atom. The molecule has 1 N–H and O–H groups in total. The summed E-state index contributed by atoms with van der Waals surface area (Å²) in [6.45, 7) is 27.0. The van der Waals surface area contributed by atoms with E-state index >= 15 is 0 Å². The highest BCUT2D eigenvalue weighted by molar-refractivity contribution is 5.16. The van der Waals surface area contributed by atoms with Crippen molar-refractivity contribution >= 4 is 0 Å². The largest absolute Gasteiger partial charge is 0.307 e. The Morgan fingerprint density at radius 2 is 1.22 bits per heavy atom. The van der Waals surface area contributed by atoms with Crippen LogP contribution in [0.3, 0.4) is 0 Å². The standard InChI is InChI=1S/C17H35N/c1-13(14(2,3)4)16(8,9)12-17(10,11)18-15(5,6)7/h18H,1,12H2,2-11H3. The predicted octanol–water partition coefficient (Wildman–Crippen LogP) is 5.17. The van der Waals surface area contributed by atoms with Gasteiger partial charge in [0.25, 0.3) is 0 Å². The van der Waals surface area contributed by atoms with Crippen LogP contribution in [0.1, 0.15) is 75.7 Å². The second kappa shape index (κ2) is 5.00. The molecule has 0 aromatic rings. The molecule has 0 amide bonds. The topological polar surface area (TPSA) is 12.0 Å². The van der Waals surface area contributed by atoms with E-state index in [2.05, 4.69) is 81.1 Å². The van der Waals surface area contributed by atoms with Gasteiger partial charge in [0.2, 0.25) is 0 Å². The lowest BCUT2D eigenvalue weighted by molar-refractivity contribution is 0.192. The molecule has 0 aliphatic heterocycles. The summed E-state index contributed by atoms with van der Waals surface area (Å²) < 4.78 is 0. The fourth-order valence-electron chi connectivity index (χ4n) is 3.29. The van der Waals surface area contributed by atoms with E-state index in [0.29, 0.717) is 0 Å². The van der Waals surface area contributed by atoms with Gasteiger partial charge in [-0.1, -0.05) is 46.8 Å². The van der Waals surface area contributed by atoms with Gasteiger partial charge in [-0.05, 0) is 51.9 Å². The molecule has 1 heteroatoms. The van der Waals surface area contributed by atoms with E-state index in [0.717, 1.165) is 6.42 Å². The molecule has 0 unspecified atom stereocenters. The third-order valence-electron chi connectivity index (χ3n) is 3.32. The van der Waals surface area contributed by atoms with E-state index in [1.54, 1.807) is 0 Å². The Kier molecular flexibility index (Phi) is 4.91. The summed E-state index contributed by atoms with van der Waals surface area (Å²) in [7, 11) is 0. The van der Waals surface area contributed by atoms with Crippen molar-refractivity contribution in [2.75, 3.05) is 0 Å². The number of allylic oxidation sites excluding steroid dienone is 1. The Labute approximate surface area is 115 Å². The Balaban J connectivity index is 4.92. The van der Waals surface area contributed by atoms with Gasteiger partial charge in [0.1, 0.15) is 0 Å². The number of hydrogen-bond donors (Lipinski definition) is 1. The minimum atomic E-state index is 0.107. The van der Waals surface area contributed by atoms with E-state index in [1.165, 1.54) is 5.57 Å². The Hall–Kier alpha value is -0.300. The second-order valence-electron chi connectivity index (χ2n) is 9.05. The third-order valence-corrected chi connectivity index (χ3v) is 3.32. The lowest BCUT2D eigenvalue weighted by atomic mass is 9.67. The zero-order valence-electron chi connectivity index (χ0n) is 14.4. The molecule has 0 fully saturated rings. The van der Waals surface area contributed by atoms with Crippen LogP contribution in [0.2, 0.25) is 0 Å². The first-order chi connectivity index (χ1) is 7.57. The molecule has 0 aliphatic carbocycles. The van der Waals surface area contributed by atoms with Crippen LogP contribution in [0.5, 0.6) is 0 Å². The van der Waals surface area contributed by atoms with E-state index in [9.17, 15) is 0 Å². The van der Waals surface area contributed by atoms with Crippen LogP contribution in [0.4, 0.5) is 0 Å². The SMILES string of the molecule is C=C(C(C)(C)C)C(C)(C)CC(C)(C)NC(C)(C)C. The van der Waals surface area contributed by atoms with Crippen LogP contribution in [0.25, 0.3) is 0 Å². The van der Waals surface area contributed by atoms with Gasteiger partial charge in [0, 0.05) is 11.1 Å². The molecule has 18 heavy (non-hydrogen) atoms. The molecule has 0 radical (unpaired) electrons. The van der Waals surface area contributed by atoms with E-state index in [4.69, 9.17) is 0 Å². The summed E-state index contributed by atoms with van der Waals surface area (Å²) in [6, 6.07) is 0. The Bertz CT molecular complexity index is 295. The monoisotopic (exact) mass is 253 g/mol. The zero-order chi connectivity index (χ0) is 15.0. The van der Waals surface area contributed by atoms with Gasteiger partial charge in [-0.3, -0.25) is 0 Å². The van der Waals surface area contributed by atoms with Gasteiger partial charge >= 0.3 is 0 Å². The van der Waals surface area contributed by atoms with Crippen molar-refractivity contribution in [3.8, 4) is 0 Å². The van der Waals surface area contributed by atoms with Crippen molar-refractivity contribution in [2.24, 2.45) is 10.8 Å². The Morgan fingerprint density at radius 1 is 0.833 bits per heavy atom. The van der Waals surface area contributed by atoms with Crippen LogP contribution >= 0.6 is 0 Å². The molecular formula is C17H35N. The number of rotatable bonds is 4. The highest BCUT2D eigenvalue weighted by Gasteiger charge is 2.36. The van der Waals surface area contributed by atoms with Gasteiger partial charge < -0.3 is 5.32 Å². The van der Waals surface area contributed by atoms with Gasteiger partial charge in [-0.2, -0.15) is 0 Å².